The van der Waals surface area contributed by atoms with Crippen LogP contribution in [0.1, 0.15) is 26.4 Å². The number of methoxy groups -OCH3 is 1. The van der Waals surface area contributed by atoms with Crippen molar-refractivity contribution in [3.8, 4) is 5.69 Å². The Labute approximate surface area is 167 Å². The molecule has 0 atom stereocenters. The minimum atomic E-state index is -4.06. The van der Waals surface area contributed by atoms with Crippen molar-refractivity contribution in [2.24, 2.45) is 0 Å². The van der Waals surface area contributed by atoms with E-state index in [0.717, 1.165) is 0 Å². The van der Waals surface area contributed by atoms with Gasteiger partial charge in [-0.1, -0.05) is 12.1 Å². The highest BCUT2D eigenvalue weighted by atomic mass is 32.2. The Morgan fingerprint density at radius 1 is 1.07 bits per heavy atom. The topological polar surface area (TPSA) is 115 Å². The average molecular weight is 414 g/mol. The Hall–Kier alpha value is -3.59. The molecule has 8 nitrogen and oxygen atoms in total. The molecule has 2 aromatic carbocycles. The molecule has 1 heterocycles. The van der Waals surface area contributed by atoms with E-state index in [9.17, 15) is 23.1 Å². The maximum atomic E-state index is 12.8. The highest BCUT2D eigenvalue weighted by Gasteiger charge is 2.23. The van der Waals surface area contributed by atoms with Crippen molar-refractivity contribution in [3.63, 3.8) is 0 Å². The third-order valence-corrected chi connectivity index (χ3v) is 5.70. The number of carbonyl (C=O) groups excluding carboxylic acids is 1. The summed E-state index contributed by atoms with van der Waals surface area (Å²) in [6.07, 6.45) is 1.61. The zero-order valence-corrected chi connectivity index (χ0v) is 16.4. The molecule has 29 heavy (non-hydrogen) atoms. The number of aromatic carboxylic acids is 1. The number of hydrogen-bond acceptors (Lipinski definition) is 5. The lowest BCUT2D eigenvalue weighted by atomic mass is 10.1. The number of nitrogens with one attached hydrogen (secondary N) is 1. The second-order valence-electron chi connectivity index (χ2n) is 6.16. The number of aryl methyl sites for hydroxylation is 1. The summed E-state index contributed by atoms with van der Waals surface area (Å²) in [4.78, 5) is 23.0. The van der Waals surface area contributed by atoms with E-state index in [1.165, 1.54) is 42.0 Å². The SMILES string of the molecule is COC(=O)c1ccccc1S(=O)(=O)Nc1ccc(-n2cccc2C(=O)O)c(C)c1. The number of carboxylic acid groups (broad SMARTS) is 1. The molecule has 0 saturated carbocycles. The minimum Gasteiger partial charge on any atom is -0.477 e. The van der Waals surface area contributed by atoms with Crippen molar-refractivity contribution in [2.75, 3.05) is 11.8 Å². The number of rotatable bonds is 6. The Bertz CT molecular complexity index is 1200. The van der Waals surface area contributed by atoms with Gasteiger partial charge in [0.05, 0.1) is 12.7 Å². The molecule has 0 unspecified atom stereocenters. The van der Waals surface area contributed by atoms with Crippen LogP contribution in [0, 0.1) is 6.92 Å². The summed E-state index contributed by atoms with van der Waals surface area (Å²) in [5, 5.41) is 9.28. The molecular weight excluding hydrogens is 396 g/mol. The van der Waals surface area contributed by atoms with Gasteiger partial charge in [-0.3, -0.25) is 4.72 Å². The van der Waals surface area contributed by atoms with Crippen LogP contribution < -0.4 is 4.72 Å². The van der Waals surface area contributed by atoms with E-state index >= 15 is 0 Å². The van der Waals surface area contributed by atoms with Crippen LogP contribution in [-0.2, 0) is 14.8 Å². The van der Waals surface area contributed by atoms with Gasteiger partial charge < -0.3 is 14.4 Å². The number of esters is 1. The molecule has 0 bridgehead atoms. The monoisotopic (exact) mass is 414 g/mol. The molecule has 0 aliphatic heterocycles. The van der Waals surface area contributed by atoms with E-state index < -0.39 is 22.0 Å². The van der Waals surface area contributed by atoms with Crippen molar-refractivity contribution < 1.29 is 27.9 Å². The number of benzene rings is 2. The van der Waals surface area contributed by atoms with Crippen molar-refractivity contribution in [1.82, 2.24) is 4.57 Å². The Morgan fingerprint density at radius 3 is 2.45 bits per heavy atom. The molecule has 2 N–H and O–H groups in total. The molecule has 150 valence electrons. The summed E-state index contributed by atoms with van der Waals surface area (Å²) < 4.78 is 34.2. The first kappa shape index (κ1) is 20.2. The first-order valence-electron chi connectivity index (χ1n) is 8.46. The summed E-state index contributed by atoms with van der Waals surface area (Å²) in [5.41, 5.74) is 1.55. The van der Waals surface area contributed by atoms with E-state index in [0.29, 0.717) is 11.3 Å². The molecule has 0 amide bonds. The third-order valence-electron chi connectivity index (χ3n) is 4.26. The van der Waals surface area contributed by atoms with Gasteiger partial charge in [-0.25, -0.2) is 18.0 Å². The van der Waals surface area contributed by atoms with Gasteiger partial charge in [0.15, 0.2) is 0 Å². The van der Waals surface area contributed by atoms with Gasteiger partial charge in [0, 0.05) is 17.6 Å². The molecule has 0 saturated heterocycles. The van der Waals surface area contributed by atoms with Crippen LogP contribution in [0.2, 0.25) is 0 Å². The van der Waals surface area contributed by atoms with Crippen molar-refractivity contribution >= 4 is 27.6 Å². The van der Waals surface area contributed by atoms with Gasteiger partial charge in [-0.15, -0.1) is 0 Å². The van der Waals surface area contributed by atoms with Crippen LogP contribution in [0.3, 0.4) is 0 Å². The predicted molar refractivity (Wildman–Crippen MR) is 106 cm³/mol. The zero-order chi connectivity index (χ0) is 21.2. The van der Waals surface area contributed by atoms with Crippen LogP contribution in [-0.4, -0.2) is 37.1 Å². The predicted octanol–water partition coefficient (Wildman–Crippen LogP) is 3.07. The summed E-state index contributed by atoms with van der Waals surface area (Å²) in [5.74, 6) is -1.83. The van der Waals surface area contributed by atoms with E-state index in [1.54, 1.807) is 37.4 Å². The quantitative estimate of drug-likeness (QED) is 0.599. The zero-order valence-electron chi connectivity index (χ0n) is 15.6. The number of ether oxygens (including phenoxy) is 1. The summed E-state index contributed by atoms with van der Waals surface area (Å²) >= 11 is 0. The smallest absolute Gasteiger partial charge is 0.352 e. The second kappa shape index (κ2) is 7.80. The maximum Gasteiger partial charge on any atom is 0.352 e. The number of carboxylic acids is 1. The molecular formula is C20H18N2O6S. The number of sulfonamides is 1. The summed E-state index contributed by atoms with van der Waals surface area (Å²) in [7, 11) is -2.88. The number of anilines is 1. The van der Waals surface area contributed by atoms with Gasteiger partial charge in [0.25, 0.3) is 10.0 Å². The van der Waals surface area contributed by atoms with Gasteiger partial charge >= 0.3 is 11.9 Å². The Balaban J connectivity index is 1.96. The van der Waals surface area contributed by atoms with E-state index in [1.807, 2.05) is 0 Å². The third kappa shape index (κ3) is 3.99. The number of aromatic nitrogens is 1. The second-order valence-corrected chi connectivity index (χ2v) is 7.81. The fourth-order valence-corrected chi connectivity index (χ4v) is 4.19. The highest BCUT2D eigenvalue weighted by Crippen LogP contribution is 2.24. The lowest BCUT2D eigenvalue weighted by molar-refractivity contribution is 0.0595. The number of nitrogens with zero attached hydrogens (tertiary/aromatic N) is 1. The van der Waals surface area contributed by atoms with Gasteiger partial charge in [-0.05, 0) is 55.0 Å². The fourth-order valence-electron chi connectivity index (χ4n) is 2.94. The van der Waals surface area contributed by atoms with Crippen LogP contribution >= 0.6 is 0 Å². The first-order chi connectivity index (χ1) is 13.7. The largest absolute Gasteiger partial charge is 0.477 e. The summed E-state index contributed by atoms with van der Waals surface area (Å²) in [6, 6.07) is 13.5. The molecule has 0 aliphatic rings. The van der Waals surface area contributed by atoms with Crippen LogP contribution in [0.25, 0.3) is 5.69 Å². The lowest BCUT2D eigenvalue weighted by Gasteiger charge is -2.14. The van der Waals surface area contributed by atoms with Gasteiger partial charge in [0.1, 0.15) is 10.6 Å². The Morgan fingerprint density at radius 2 is 1.79 bits per heavy atom. The average Bonchev–Trinajstić information content (AvgIpc) is 3.17. The van der Waals surface area contributed by atoms with E-state index in [4.69, 9.17) is 0 Å². The minimum absolute atomic E-state index is 0.0747. The molecule has 9 heteroatoms. The van der Waals surface area contributed by atoms with E-state index in [-0.39, 0.29) is 21.8 Å². The van der Waals surface area contributed by atoms with Crippen molar-refractivity contribution in [3.05, 3.63) is 77.6 Å². The van der Waals surface area contributed by atoms with Crippen LogP contribution in [0.4, 0.5) is 5.69 Å². The molecule has 3 aromatic rings. The van der Waals surface area contributed by atoms with Crippen molar-refractivity contribution in [2.45, 2.75) is 11.8 Å². The standard InChI is InChI=1S/C20H18N2O6S/c1-13-12-14(9-10-16(13)22-11-5-7-17(22)19(23)24)21-29(26,27)18-8-4-3-6-15(18)20(25)28-2/h3-12,21H,1-2H3,(H,23,24). The lowest BCUT2D eigenvalue weighted by Crippen LogP contribution is -2.17. The fraction of sp³-hybridized carbons (Fsp3) is 0.100. The molecule has 0 radical (unpaired) electrons. The number of hydrogen-bond donors (Lipinski definition) is 2. The number of carbonyl (C=O) groups is 2. The van der Waals surface area contributed by atoms with Gasteiger partial charge in [0.2, 0.25) is 0 Å². The molecule has 0 fully saturated rings. The molecule has 3 rings (SSSR count). The summed E-state index contributed by atoms with van der Waals surface area (Å²) in [6.45, 7) is 1.74. The highest BCUT2D eigenvalue weighted by molar-refractivity contribution is 7.92. The molecule has 0 aliphatic carbocycles. The van der Waals surface area contributed by atoms with Crippen LogP contribution in [0.5, 0.6) is 0 Å². The van der Waals surface area contributed by atoms with Crippen LogP contribution in [0.15, 0.2) is 65.7 Å². The molecule has 1 aromatic heterocycles. The normalized spacial score (nSPS) is 11.1. The van der Waals surface area contributed by atoms with Gasteiger partial charge in [-0.2, -0.15) is 0 Å². The van der Waals surface area contributed by atoms with E-state index in [2.05, 4.69) is 9.46 Å². The first-order valence-corrected chi connectivity index (χ1v) is 9.95. The molecule has 0 spiro atoms. The Kier molecular flexibility index (Phi) is 5.42. The maximum absolute atomic E-state index is 12.8. The van der Waals surface area contributed by atoms with Crippen molar-refractivity contribution in [1.29, 1.82) is 0 Å².